The van der Waals surface area contributed by atoms with Gasteiger partial charge in [0.05, 0.1) is 12.5 Å². The first-order valence-electron chi connectivity index (χ1n) is 6.37. The van der Waals surface area contributed by atoms with Crippen molar-refractivity contribution in [2.24, 2.45) is 5.41 Å². The lowest BCUT2D eigenvalue weighted by molar-refractivity contribution is -0.156. The van der Waals surface area contributed by atoms with Crippen LogP contribution in [-0.4, -0.2) is 24.2 Å². The maximum absolute atomic E-state index is 11.9. The van der Waals surface area contributed by atoms with Gasteiger partial charge in [0.1, 0.15) is 12.4 Å². The number of carbonyl (C=O) groups excluding carboxylic acids is 1. The smallest absolute Gasteiger partial charge is 0.311 e. The van der Waals surface area contributed by atoms with Crippen molar-refractivity contribution in [3.63, 3.8) is 0 Å². The predicted molar refractivity (Wildman–Crippen MR) is 73.4 cm³/mol. The Morgan fingerprint density at radius 3 is 2.30 bits per heavy atom. The van der Waals surface area contributed by atoms with Gasteiger partial charge in [-0.05, 0) is 38.0 Å². The summed E-state index contributed by atoms with van der Waals surface area (Å²) in [7, 11) is 1.58. The number of ether oxygens (including phenoxy) is 2. The standard InChI is InChI=1S/C15H20O5/c1-15(2,9-8-13(16)17)14(18)20-10-11-4-6-12(19-3)7-5-11/h4-7H,8-10H2,1-3H3,(H,16,17). The van der Waals surface area contributed by atoms with Gasteiger partial charge in [0.15, 0.2) is 0 Å². The molecule has 0 aliphatic rings. The maximum atomic E-state index is 11.9. The summed E-state index contributed by atoms with van der Waals surface area (Å²) in [6.07, 6.45) is 0.203. The first kappa shape index (κ1) is 16.0. The Bertz CT molecular complexity index is 462. The van der Waals surface area contributed by atoms with E-state index in [4.69, 9.17) is 14.6 Å². The van der Waals surface area contributed by atoms with Crippen molar-refractivity contribution in [3.8, 4) is 5.75 Å². The molecule has 0 atom stereocenters. The van der Waals surface area contributed by atoms with Gasteiger partial charge in [0.25, 0.3) is 0 Å². The molecule has 0 fully saturated rings. The molecule has 110 valence electrons. The van der Waals surface area contributed by atoms with E-state index in [1.54, 1.807) is 33.1 Å². The Morgan fingerprint density at radius 1 is 1.20 bits per heavy atom. The number of benzene rings is 1. The topological polar surface area (TPSA) is 72.8 Å². The van der Waals surface area contributed by atoms with Crippen LogP contribution in [0.25, 0.3) is 0 Å². The van der Waals surface area contributed by atoms with Crippen LogP contribution in [-0.2, 0) is 20.9 Å². The first-order chi connectivity index (χ1) is 9.35. The quantitative estimate of drug-likeness (QED) is 0.777. The Balaban J connectivity index is 2.50. The average molecular weight is 280 g/mol. The van der Waals surface area contributed by atoms with Gasteiger partial charge < -0.3 is 14.6 Å². The summed E-state index contributed by atoms with van der Waals surface area (Å²) in [6, 6.07) is 7.21. The van der Waals surface area contributed by atoms with E-state index in [1.807, 2.05) is 12.1 Å². The Kier molecular flexibility index (Phi) is 5.55. The van der Waals surface area contributed by atoms with Gasteiger partial charge in [0.2, 0.25) is 0 Å². The summed E-state index contributed by atoms with van der Waals surface area (Å²) in [6.45, 7) is 3.54. The second-order valence-corrected chi connectivity index (χ2v) is 5.20. The maximum Gasteiger partial charge on any atom is 0.311 e. The minimum atomic E-state index is -0.916. The Morgan fingerprint density at radius 2 is 1.80 bits per heavy atom. The van der Waals surface area contributed by atoms with Gasteiger partial charge in [-0.1, -0.05) is 12.1 Å². The van der Waals surface area contributed by atoms with E-state index in [-0.39, 0.29) is 19.4 Å². The molecule has 0 radical (unpaired) electrons. The van der Waals surface area contributed by atoms with Crippen LogP contribution in [0.5, 0.6) is 5.75 Å². The van der Waals surface area contributed by atoms with Crippen molar-refractivity contribution in [1.82, 2.24) is 0 Å². The van der Waals surface area contributed by atoms with Gasteiger partial charge in [0, 0.05) is 6.42 Å². The zero-order chi connectivity index (χ0) is 15.2. The van der Waals surface area contributed by atoms with E-state index in [2.05, 4.69) is 0 Å². The van der Waals surface area contributed by atoms with Crippen molar-refractivity contribution >= 4 is 11.9 Å². The second-order valence-electron chi connectivity index (χ2n) is 5.20. The SMILES string of the molecule is COc1ccc(COC(=O)C(C)(C)CCC(=O)O)cc1. The summed E-state index contributed by atoms with van der Waals surface area (Å²) in [5.74, 6) is -0.572. The number of esters is 1. The summed E-state index contributed by atoms with van der Waals surface area (Å²) >= 11 is 0. The normalized spacial score (nSPS) is 10.9. The van der Waals surface area contributed by atoms with Crippen LogP contribution in [0.1, 0.15) is 32.3 Å². The van der Waals surface area contributed by atoms with E-state index in [0.717, 1.165) is 11.3 Å². The minimum absolute atomic E-state index is 0.0510. The molecule has 5 nitrogen and oxygen atoms in total. The molecule has 0 aromatic heterocycles. The van der Waals surface area contributed by atoms with Crippen LogP contribution in [0, 0.1) is 5.41 Å². The molecule has 1 N–H and O–H groups in total. The van der Waals surface area contributed by atoms with Crippen molar-refractivity contribution in [2.45, 2.75) is 33.3 Å². The van der Waals surface area contributed by atoms with Gasteiger partial charge >= 0.3 is 11.9 Å². The zero-order valence-electron chi connectivity index (χ0n) is 12.0. The van der Waals surface area contributed by atoms with Gasteiger partial charge in [-0.3, -0.25) is 9.59 Å². The molecule has 0 aliphatic carbocycles. The monoisotopic (exact) mass is 280 g/mol. The first-order valence-corrected chi connectivity index (χ1v) is 6.37. The lowest BCUT2D eigenvalue weighted by atomic mass is 9.88. The van der Waals surface area contributed by atoms with E-state index in [0.29, 0.717) is 0 Å². The average Bonchev–Trinajstić information content (AvgIpc) is 2.43. The molecule has 1 rings (SSSR count). The number of carboxylic acid groups (broad SMARTS) is 1. The summed E-state index contributed by atoms with van der Waals surface area (Å²) < 4.78 is 10.3. The summed E-state index contributed by atoms with van der Waals surface area (Å²) in [5, 5.41) is 8.65. The fraction of sp³-hybridized carbons (Fsp3) is 0.467. The molecule has 1 aromatic carbocycles. The predicted octanol–water partition coefficient (Wildman–Crippen LogP) is 2.63. The van der Waals surface area contributed by atoms with E-state index in [1.165, 1.54) is 0 Å². The minimum Gasteiger partial charge on any atom is -0.497 e. The molecule has 0 spiro atoms. The van der Waals surface area contributed by atoms with Crippen LogP contribution < -0.4 is 4.74 Å². The molecular formula is C15H20O5. The van der Waals surface area contributed by atoms with Crippen molar-refractivity contribution in [2.75, 3.05) is 7.11 Å². The van der Waals surface area contributed by atoms with E-state index < -0.39 is 17.4 Å². The molecule has 20 heavy (non-hydrogen) atoms. The van der Waals surface area contributed by atoms with Crippen molar-refractivity contribution in [3.05, 3.63) is 29.8 Å². The number of carboxylic acids is 1. The summed E-state index contributed by atoms with van der Waals surface area (Å²) in [5.41, 5.74) is 0.0541. The molecule has 0 saturated heterocycles. The van der Waals surface area contributed by atoms with E-state index >= 15 is 0 Å². The molecule has 1 aromatic rings. The van der Waals surface area contributed by atoms with Gasteiger partial charge in [-0.2, -0.15) is 0 Å². The number of aliphatic carboxylic acids is 1. The van der Waals surface area contributed by atoms with Gasteiger partial charge in [-0.15, -0.1) is 0 Å². The molecule has 0 heterocycles. The third kappa shape index (κ3) is 4.91. The molecule has 0 unspecified atom stereocenters. The summed E-state index contributed by atoms with van der Waals surface area (Å²) in [4.78, 5) is 22.5. The van der Waals surface area contributed by atoms with Crippen LogP contribution in [0.4, 0.5) is 0 Å². The van der Waals surface area contributed by atoms with Crippen LogP contribution in [0.15, 0.2) is 24.3 Å². The number of carbonyl (C=O) groups is 2. The Hall–Kier alpha value is -2.04. The highest BCUT2D eigenvalue weighted by Gasteiger charge is 2.29. The number of hydrogen-bond acceptors (Lipinski definition) is 4. The number of rotatable bonds is 7. The van der Waals surface area contributed by atoms with E-state index in [9.17, 15) is 9.59 Å². The number of hydrogen-bond donors (Lipinski definition) is 1. The third-order valence-corrected chi connectivity index (χ3v) is 3.05. The lowest BCUT2D eigenvalue weighted by Crippen LogP contribution is -2.27. The Labute approximate surface area is 118 Å². The van der Waals surface area contributed by atoms with Crippen LogP contribution >= 0.6 is 0 Å². The van der Waals surface area contributed by atoms with Crippen LogP contribution in [0.2, 0.25) is 0 Å². The third-order valence-electron chi connectivity index (χ3n) is 3.05. The van der Waals surface area contributed by atoms with Crippen molar-refractivity contribution < 1.29 is 24.2 Å². The highest BCUT2D eigenvalue weighted by molar-refractivity contribution is 5.77. The lowest BCUT2D eigenvalue weighted by Gasteiger charge is -2.21. The largest absolute Gasteiger partial charge is 0.497 e. The van der Waals surface area contributed by atoms with Crippen molar-refractivity contribution in [1.29, 1.82) is 0 Å². The molecular weight excluding hydrogens is 260 g/mol. The molecule has 0 bridgehead atoms. The second kappa shape index (κ2) is 6.93. The molecule has 0 saturated carbocycles. The zero-order valence-corrected chi connectivity index (χ0v) is 12.0. The fourth-order valence-electron chi connectivity index (χ4n) is 1.59. The highest BCUT2D eigenvalue weighted by atomic mass is 16.5. The molecule has 0 amide bonds. The van der Waals surface area contributed by atoms with Gasteiger partial charge in [-0.25, -0.2) is 0 Å². The highest BCUT2D eigenvalue weighted by Crippen LogP contribution is 2.25. The fourth-order valence-corrected chi connectivity index (χ4v) is 1.59. The molecule has 5 heteroatoms. The number of methoxy groups -OCH3 is 1. The van der Waals surface area contributed by atoms with Crippen LogP contribution in [0.3, 0.4) is 0 Å². The molecule has 0 aliphatic heterocycles.